The highest BCUT2D eigenvalue weighted by molar-refractivity contribution is 5.29. The van der Waals surface area contributed by atoms with Crippen molar-refractivity contribution in [2.24, 2.45) is 11.3 Å². The van der Waals surface area contributed by atoms with Gasteiger partial charge in [-0.15, -0.1) is 0 Å². The molecule has 2 nitrogen and oxygen atoms in total. The maximum atomic E-state index is 5.16. The van der Waals surface area contributed by atoms with Crippen molar-refractivity contribution in [3.63, 3.8) is 0 Å². The van der Waals surface area contributed by atoms with Crippen molar-refractivity contribution in [2.45, 2.75) is 12.8 Å². The van der Waals surface area contributed by atoms with Crippen molar-refractivity contribution < 1.29 is 4.74 Å². The second-order valence-corrected chi connectivity index (χ2v) is 4.92. The monoisotopic (exact) mass is 203 g/mol. The summed E-state index contributed by atoms with van der Waals surface area (Å²) in [6.45, 7) is 2.44. The number of piperidine rings is 1. The van der Waals surface area contributed by atoms with Gasteiger partial charge in [0.15, 0.2) is 0 Å². The Kier molecular flexibility index (Phi) is 1.99. The summed E-state index contributed by atoms with van der Waals surface area (Å²) < 4.78 is 5.16. The van der Waals surface area contributed by atoms with Gasteiger partial charge in [0.1, 0.15) is 5.75 Å². The first-order valence-electron chi connectivity index (χ1n) is 5.66. The number of benzene rings is 1. The van der Waals surface area contributed by atoms with Crippen LogP contribution in [-0.4, -0.2) is 20.2 Å². The van der Waals surface area contributed by atoms with E-state index in [0.29, 0.717) is 5.41 Å². The first-order valence-corrected chi connectivity index (χ1v) is 5.66. The standard InChI is InChI=1S/C13H17NO/c1-15-12-4-2-10(3-5-12)6-13-7-11(13)8-14-9-13/h2-5,11,14H,6-9H2,1H3. The molecule has 1 N–H and O–H groups in total. The highest BCUT2D eigenvalue weighted by Gasteiger charge is 2.56. The molecule has 1 aromatic rings. The molecule has 80 valence electrons. The lowest BCUT2D eigenvalue weighted by Crippen LogP contribution is -2.17. The molecule has 1 aromatic carbocycles. The zero-order chi connectivity index (χ0) is 10.3. The second-order valence-electron chi connectivity index (χ2n) is 4.92. The topological polar surface area (TPSA) is 21.3 Å². The fourth-order valence-electron chi connectivity index (χ4n) is 2.86. The van der Waals surface area contributed by atoms with Gasteiger partial charge >= 0.3 is 0 Å². The molecule has 15 heavy (non-hydrogen) atoms. The molecule has 1 heterocycles. The molecule has 2 heteroatoms. The number of hydrogen-bond donors (Lipinski definition) is 1. The van der Waals surface area contributed by atoms with E-state index >= 15 is 0 Å². The zero-order valence-corrected chi connectivity index (χ0v) is 9.12. The fraction of sp³-hybridized carbons (Fsp3) is 0.538. The van der Waals surface area contributed by atoms with Crippen molar-refractivity contribution in [2.75, 3.05) is 20.2 Å². The van der Waals surface area contributed by atoms with Crippen LogP contribution in [0.4, 0.5) is 0 Å². The zero-order valence-electron chi connectivity index (χ0n) is 9.12. The Morgan fingerprint density at radius 2 is 2.20 bits per heavy atom. The number of nitrogens with one attached hydrogen (secondary N) is 1. The quantitative estimate of drug-likeness (QED) is 0.809. The number of hydrogen-bond acceptors (Lipinski definition) is 2. The van der Waals surface area contributed by atoms with Crippen molar-refractivity contribution >= 4 is 0 Å². The smallest absolute Gasteiger partial charge is 0.118 e. The Labute approximate surface area is 90.6 Å². The molecule has 0 radical (unpaired) electrons. The summed E-state index contributed by atoms with van der Waals surface area (Å²) in [5, 5.41) is 3.48. The maximum absolute atomic E-state index is 5.16. The molecule has 1 saturated heterocycles. The van der Waals surface area contributed by atoms with Crippen LogP contribution >= 0.6 is 0 Å². The summed E-state index contributed by atoms with van der Waals surface area (Å²) in [7, 11) is 1.71. The second kappa shape index (κ2) is 3.24. The van der Waals surface area contributed by atoms with Crippen LogP contribution in [0.2, 0.25) is 0 Å². The number of ether oxygens (including phenoxy) is 1. The minimum absolute atomic E-state index is 0.606. The van der Waals surface area contributed by atoms with Gasteiger partial charge in [-0.05, 0) is 48.4 Å². The molecule has 2 unspecified atom stereocenters. The van der Waals surface area contributed by atoms with Crippen LogP contribution in [0.1, 0.15) is 12.0 Å². The highest BCUT2D eigenvalue weighted by atomic mass is 16.5. The van der Waals surface area contributed by atoms with E-state index in [0.717, 1.165) is 11.7 Å². The molecule has 3 rings (SSSR count). The average molecular weight is 203 g/mol. The third kappa shape index (κ3) is 1.53. The minimum atomic E-state index is 0.606. The lowest BCUT2D eigenvalue weighted by molar-refractivity contribution is 0.414. The third-order valence-corrected chi connectivity index (χ3v) is 3.94. The number of fused-ring (bicyclic) bond motifs is 1. The first-order chi connectivity index (χ1) is 7.32. The molecular weight excluding hydrogens is 186 g/mol. The normalized spacial score (nSPS) is 32.5. The van der Waals surface area contributed by atoms with Gasteiger partial charge in [0.05, 0.1) is 7.11 Å². The number of methoxy groups -OCH3 is 1. The summed E-state index contributed by atoms with van der Waals surface area (Å²) in [6.07, 6.45) is 2.65. The molecular formula is C13H17NO. The van der Waals surface area contributed by atoms with E-state index in [2.05, 4.69) is 29.6 Å². The van der Waals surface area contributed by atoms with Crippen LogP contribution in [0, 0.1) is 11.3 Å². The van der Waals surface area contributed by atoms with Gasteiger partial charge in [-0.2, -0.15) is 0 Å². The molecule has 0 bridgehead atoms. The molecule has 2 atom stereocenters. The summed E-state index contributed by atoms with van der Waals surface area (Å²) in [5.74, 6) is 1.90. The maximum Gasteiger partial charge on any atom is 0.118 e. The van der Waals surface area contributed by atoms with Gasteiger partial charge < -0.3 is 10.1 Å². The largest absolute Gasteiger partial charge is 0.497 e. The Bertz CT molecular complexity index is 359. The van der Waals surface area contributed by atoms with E-state index in [-0.39, 0.29) is 0 Å². The molecule has 1 aliphatic heterocycles. The molecule has 1 aliphatic carbocycles. The summed E-state index contributed by atoms with van der Waals surface area (Å²) in [5.41, 5.74) is 2.05. The Hall–Kier alpha value is -1.02. The van der Waals surface area contributed by atoms with E-state index in [4.69, 9.17) is 4.74 Å². The van der Waals surface area contributed by atoms with Crippen molar-refractivity contribution in [3.05, 3.63) is 29.8 Å². The predicted octanol–water partition coefficient (Wildman–Crippen LogP) is 1.85. The third-order valence-electron chi connectivity index (χ3n) is 3.94. The Morgan fingerprint density at radius 1 is 1.40 bits per heavy atom. The van der Waals surface area contributed by atoms with Crippen LogP contribution < -0.4 is 10.1 Å². The van der Waals surface area contributed by atoms with Crippen LogP contribution in [0.25, 0.3) is 0 Å². The van der Waals surface area contributed by atoms with E-state index in [1.807, 2.05) is 0 Å². The number of rotatable bonds is 3. The molecule has 0 spiro atoms. The van der Waals surface area contributed by atoms with E-state index in [1.165, 1.54) is 31.5 Å². The summed E-state index contributed by atoms with van der Waals surface area (Å²) >= 11 is 0. The molecule has 2 fully saturated rings. The van der Waals surface area contributed by atoms with Gasteiger partial charge in [-0.3, -0.25) is 0 Å². The van der Waals surface area contributed by atoms with Gasteiger partial charge in [0.25, 0.3) is 0 Å². The Morgan fingerprint density at radius 3 is 2.73 bits per heavy atom. The molecule has 0 aromatic heterocycles. The van der Waals surface area contributed by atoms with Gasteiger partial charge in [0, 0.05) is 6.54 Å². The summed E-state index contributed by atoms with van der Waals surface area (Å²) in [6, 6.07) is 8.51. The van der Waals surface area contributed by atoms with Crippen LogP contribution in [0.3, 0.4) is 0 Å². The fourth-order valence-corrected chi connectivity index (χ4v) is 2.86. The summed E-state index contributed by atoms with van der Waals surface area (Å²) in [4.78, 5) is 0. The van der Waals surface area contributed by atoms with Crippen molar-refractivity contribution in [1.82, 2.24) is 5.32 Å². The van der Waals surface area contributed by atoms with Crippen LogP contribution in [0.15, 0.2) is 24.3 Å². The van der Waals surface area contributed by atoms with Crippen molar-refractivity contribution in [3.8, 4) is 5.75 Å². The molecule has 1 saturated carbocycles. The first kappa shape index (κ1) is 9.22. The SMILES string of the molecule is COc1ccc(CC23CNCC2C3)cc1. The predicted molar refractivity (Wildman–Crippen MR) is 60.1 cm³/mol. The lowest BCUT2D eigenvalue weighted by Gasteiger charge is -2.11. The highest BCUT2D eigenvalue weighted by Crippen LogP contribution is 2.56. The van der Waals surface area contributed by atoms with Gasteiger partial charge in [-0.1, -0.05) is 12.1 Å². The van der Waals surface area contributed by atoms with Crippen molar-refractivity contribution in [1.29, 1.82) is 0 Å². The molecule has 2 aliphatic rings. The van der Waals surface area contributed by atoms with Crippen LogP contribution in [0.5, 0.6) is 5.75 Å². The lowest BCUT2D eigenvalue weighted by atomic mass is 9.96. The van der Waals surface area contributed by atoms with E-state index in [1.54, 1.807) is 7.11 Å². The average Bonchev–Trinajstić information content (AvgIpc) is 2.81. The van der Waals surface area contributed by atoms with Crippen LogP contribution in [-0.2, 0) is 6.42 Å². The van der Waals surface area contributed by atoms with E-state index in [9.17, 15) is 0 Å². The van der Waals surface area contributed by atoms with Gasteiger partial charge in [0.2, 0.25) is 0 Å². The molecule has 0 amide bonds. The van der Waals surface area contributed by atoms with E-state index < -0.39 is 0 Å². The minimum Gasteiger partial charge on any atom is -0.497 e. The van der Waals surface area contributed by atoms with Gasteiger partial charge in [-0.25, -0.2) is 0 Å². The Balaban J connectivity index is 1.72.